The average Bonchev–Trinajstić information content (AvgIpc) is 3.70. The summed E-state index contributed by atoms with van der Waals surface area (Å²) in [5.74, 6) is 0. The Hall–Kier alpha value is -8.20. The van der Waals surface area contributed by atoms with Crippen LogP contribution >= 0.6 is 0 Å². The van der Waals surface area contributed by atoms with Gasteiger partial charge in [0.2, 0.25) is 0 Å². The summed E-state index contributed by atoms with van der Waals surface area (Å²) >= 11 is 0. The summed E-state index contributed by atoms with van der Waals surface area (Å²) in [6.45, 7) is 0. The summed E-state index contributed by atoms with van der Waals surface area (Å²) in [6, 6.07) is 88.4. The number of benzene rings is 11. The molecule has 0 saturated heterocycles. The third-order valence-electron chi connectivity index (χ3n) is 12.6. The first-order chi connectivity index (χ1) is 30.8. The Morgan fingerprint density at radius 1 is 0.290 bits per heavy atom. The second kappa shape index (κ2) is 14.8. The number of rotatable bonds is 7. The Kier molecular flexibility index (Phi) is 8.53. The molecular weight excluding hydrogens is 749 g/mol. The van der Waals surface area contributed by atoms with Gasteiger partial charge in [-0.15, -0.1) is 0 Å². The topological polar surface area (TPSA) is 8.17 Å². The molecule has 12 rings (SSSR count). The molecule has 0 aliphatic carbocycles. The highest BCUT2D eigenvalue weighted by Gasteiger charge is 2.19. The fourth-order valence-electron chi connectivity index (χ4n) is 9.65. The first kappa shape index (κ1) is 35.7. The van der Waals surface area contributed by atoms with Gasteiger partial charge in [0.1, 0.15) is 0 Å². The number of hydrogen-bond donors (Lipinski definition) is 0. The smallest absolute Gasteiger partial charge is 0.0619 e. The highest BCUT2D eigenvalue weighted by atomic mass is 15.1. The molecule has 0 saturated carbocycles. The van der Waals surface area contributed by atoms with E-state index in [1.165, 1.54) is 87.5 Å². The van der Waals surface area contributed by atoms with Crippen molar-refractivity contribution in [3.8, 4) is 39.1 Å². The maximum absolute atomic E-state index is 2.43. The van der Waals surface area contributed by atoms with Gasteiger partial charge >= 0.3 is 0 Å². The zero-order chi connectivity index (χ0) is 41.0. The van der Waals surface area contributed by atoms with E-state index in [4.69, 9.17) is 0 Å². The van der Waals surface area contributed by atoms with Gasteiger partial charge in [0.15, 0.2) is 0 Å². The van der Waals surface area contributed by atoms with E-state index in [2.05, 4.69) is 252 Å². The normalized spacial score (nSPS) is 11.5. The standard InChI is InChI=1S/C60H40N2/c1-2-14-41(15-3-1)42-26-33-47(34-27-42)61(59-40-46-17-5-6-20-52(46)54-22-10-11-23-55(54)59)48-35-28-44(29-36-48)50-18-8-9-19-51(50)45-30-37-49(38-31-45)62-58-25-13-12-24-56(58)57-39-32-43-16-4-7-21-53(43)60(57)62/h1-40H. The van der Waals surface area contributed by atoms with Crippen LogP contribution in [0.25, 0.3) is 93.2 Å². The fraction of sp³-hybridized carbons (Fsp3) is 0. The summed E-state index contributed by atoms with van der Waals surface area (Å²) in [5.41, 5.74) is 14.1. The minimum atomic E-state index is 1.10. The van der Waals surface area contributed by atoms with Crippen LogP contribution in [0.3, 0.4) is 0 Å². The first-order valence-electron chi connectivity index (χ1n) is 21.3. The molecule has 11 aromatic carbocycles. The molecule has 62 heavy (non-hydrogen) atoms. The average molecular weight is 789 g/mol. The van der Waals surface area contributed by atoms with Gasteiger partial charge in [-0.05, 0) is 103 Å². The van der Waals surface area contributed by atoms with E-state index < -0.39 is 0 Å². The lowest BCUT2D eigenvalue weighted by molar-refractivity contribution is 1.19. The summed E-state index contributed by atoms with van der Waals surface area (Å²) in [4.78, 5) is 2.41. The van der Waals surface area contributed by atoms with Gasteiger partial charge in [-0.1, -0.05) is 194 Å². The third-order valence-corrected chi connectivity index (χ3v) is 12.6. The molecule has 12 aromatic rings. The van der Waals surface area contributed by atoms with Crippen LogP contribution in [0.5, 0.6) is 0 Å². The van der Waals surface area contributed by atoms with Crippen LogP contribution in [0.1, 0.15) is 0 Å². The molecule has 1 heterocycles. The maximum Gasteiger partial charge on any atom is 0.0619 e. The predicted molar refractivity (Wildman–Crippen MR) is 264 cm³/mol. The van der Waals surface area contributed by atoms with Gasteiger partial charge in [-0.2, -0.15) is 0 Å². The van der Waals surface area contributed by atoms with Gasteiger partial charge in [-0.25, -0.2) is 0 Å². The molecule has 0 fully saturated rings. The van der Waals surface area contributed by atoms with Crippen LogP contribution in [0.2, 0.25) is 0 Å². The monoisotopic (exact) mass is 788 g/mol. The van der Waals surface area contributed by atoms with Crippen molar-refractivity contribution in [2.75, 3.05) is 4.90 Å². The fourth-order valence-corrected chi connectivity index (χ4v) is 9.65. The van der Waals surface area contributed by atoms with Crippen molar-refractivity contribution in [3.05, 3.63) is 243 Å². The Balaban J connectivity index is 0.948. The van der Waals surface area contributed by atoms with Crippen LogP contribution in [-0.2, 0) is 0 Å². The lowest BCUT2D eigenvalue weighted by atomic mass is 9.94. The Morgan fingerprint density at radius 3 is 1.48 bits per heavy atom. The molecule has 0 spiro atoms. The lowest BCUT2D eigenvalue weighted by Crippen LogP contribution is -2.10. The van der Waals surface area contributed by atoms with E-state index in [0.717, 1.165) is 22.7 Å². The van der Waals surface area contributed by atoms with Gasteiger partial charge in [-0.3, -0.25) is 0 Å². The minimum Gasteiger partial charge on any atom is -0.310 e. The molecular formula is C60H40N2. The van der Waals surface area contributed by atoms with Crippen LogP contribution < -0.4 is 4.90 Å². The Labute approximate surface area is 360 Å². The number of anilines is 3. The molecule has 0 amide bonds. The predicted octanol–water partition coefficient (Wildman–Crippen LogP) is 16.7. The molecule has 0 unspecified atom stereocenters. The molecule has 0 atom stereocenters. The Bertz CT molecular complexity index is 3600. The molecule has 0 aliphatic rings. The number of hydrogen-bond acceptors (Lipinski definition) is 1. The lowest BCUT2D eigenvalue weighted by Gasteiger charge is -2.28. The molecule has 1 aromatic heterocycles. The molecule has 0 N–H and O–H groups in total. The Morgan fingerprint density at radius 2 is 0.790 bits per heavy atom. The summed E-state index contributed by atoms with van der Waals surface area (Å²) in [5, 5.41) is 9.98. The van der Waals surface area contributed by atoms with E-state index in [9.17, 15) is 0 Å². The van der Waals surface area contributed by atoms with Crippen LogP contribution in [0.4, 0.5) is 17.1 Å². The highest BCUT2D eigenvalue weighted by molar-refractivity contribution is 6.19. The van der Waals surface area contributed by atoms with E-state index in [-0.39, 0.29) is 0 Å². The van der Waals surface area contributed by atoms with Gasteiger partial charge in [0.05, 0.1) is 16.7 Å². The number of fused-ring (bicyclic) bond motifs is 8. The van der Waals surface area contributed by atoms with Crippen LogP contribution in [-0.4, -0.2) is 4.57 Å². The van der Waals surface area contributed by atoms with Crippen molar-refractivity contribution in [2.24, 2.45) is 0 Å². The van der Waals surface area contributed by atoms with Crippen LogP contribution in [0.15, 0.2) is 243 Å². The van der Waals surface area contributed by atoms with E-state index in [1.54, 1.807) is 0 Å². The van der Waals surface area contributed by atoms with E-state index in [0.29, 0.717) is 0 Å². The van der Waals surface area contributed by atoms with Gasteiger partial charge in [0.25, 0.3) is 0 Å². The molecule has 2 heteroatoms. The third kappa shape index (κ3) is 5.96. The van der Waals surface area contributed by atoms with Crippen molar-refractivity contribution in [3.63, 3.8) is 0 Å². The molecule has 290 valence electrons. The molecule has 0 radical (unpaired) electrons. The summed E-state index contributed by atoms with van der Waals surface area (Å²) in [7, 11) is 0. The first-order valence-corrected chi connectivity index (χ1v) is 21.3. The zero-order valence-electron chi connectivity index (χ0n) is 34.0. The highest BCUT2D eigenvalue weighted by Crippen LogP contribution is 2.44. The van der Waals surface area contributed by atoms with E-state index in [1.807, 2.05) is 0 Å². The van der Waals surface area contributed by atoms with Gasteiger partial charge in [0, 0.05) is 38.6 Å². The van der Waals surface area contributed by atoms with Crippen LogP contribution in [0, 0.1) is 0 Å². The molecule has 0 bridgehead atoms. The SMILES string of the molecule is c1ccc(-c2ccc(N(c3ccc(-c4ccccc4-c4ccc(-n5c6ccccc6c6ccc7ccccc7c65)cc4)cc3)c3cc4ccccc4c4ccccc34)cc2)cc1. The quantitative estimate of drug-likeness (QED) is 0.146. The zero-order valence-corrected chi connectivity index (χ0v) is 34.0. The van der Waals surface area contributed by atoms with Crippen molar-refractivity contribution in [1.29, 1.82) is 0 Å². The molecule has 2 nitrogen and oxygen atoms in total. The largest absolute Gasteiger partial charge is 0.310 e. The number of aromatic nitrogens is 1. The minimum absolute atomic E-state index is 1.10. The molecule has 0 aliphatic heterocycles. The summed E-state index contributed by atoms with van der Waals surface area (Å²) in [6.07, 6.45) is 0. The van der Waals surface area contributed by atoms with Crippen molar-refractivity contribution in [1.82, 2.24) is 4.57 Å². The van der Waals surface area contributed by atoms with Crippen molar-refractivity contribution >= 4 is 71.2 Å². The summed E-state index contributed by atoms with van der Waals surface area (Å²) < 4.78 is 2.43. The maximum atomic E-state index is 2.43. The number of nitrogens with zero attached hydrogens (tertiary/aromatic N) is 2. The van der Waals surface area contributed by atoms with Crippen molar-refractivity contribution in [2.45, 2.75) is 0 Å². The van der Waals surface area contributed by atoms with E-state index >= 15 is 0 Å². The van der Waals surface area contributed by atoms with Gasteiger partial charge < -0.3 is 9.47 Å². The van der Waals surface area contributed by atoms with Crippen molar-refractivity contribution < 1.29 is 0 Å². The second-order valence-electron chi connectivity index (χ2n) is 16.1. The second-order valence-corrected chi connectivity index (χ2v) is 16.1. The number of para-hydroxylation sites is 1.